The van der Waals surface area contributed by atoms with Crippen molar-refractivity contribution in [1.82, 2.24) is 19.8 Å². The van der Waals surface area contributed by atoms with Gasteiger partial charge >= 0.3 is 23.9 Å². The van der Waals surface area contributed by atoms with Gasteiger partial charge in [0.15, 0.2) is 5.82 Å². The summed E-state index contributed by atoms with van der Waals surface area (Å²) in [6.45, 7) is 6.31. The van der Waals surface area contributed by atoms with Gasteiger partial charge in [0.25, 0.3) is 5.91 Å². The van der Waals surface area contributed by atoms with Crippen LogP contribution in [-0.2, 0) is 41.9 Å². The van der Waals surface area contributed by atoms with Crippen molar-refractivity contribution in [1.29, 1.82) is 0 Å². The highest BCUT2D eigenvalue weighted by Gasteiger charge is 2.54. The monoisotopic (exact) mass is 664 g/mol. The third-order valence-corrected chi connectivity index (χ3v) is 6.40. The van der Waals surface area contributed by atoms with Crippen LogP contribution in [0.2, 0.25) is 0 Å². The molecule has 0 radical (unpaired) electrons. The molecule has 0 saturated carbocycles. The van der Waals surface area contributed by atoms with Crippen LogP contribution in [0, 0.1) is 0 Å². The van der Waals surface area contributed by atoms with Crippen molar-refractivity contribution in [2.24, 2.45) is 5.73 Å². The number of imidazole rings is 1. The molecule has 1 fully saturated rings. The van der Waals surface area contributed by atoms with Gasteiger partial charge in [-0.3, -0.25) is 24.0 Å². The molecular weight excluding hydrogens is 630 g/mol. The minimum absolute atomic E-state index is 0.0184. The summed E-state index contributed by atoms with van der Waals surface area (Å²) in [6.07, 6.45) is -6.43. The number of ketones is 2. The van der Waals surface area contributed by atoms with Gasteiger partial charge in [0.05, 0.1) is 25.1 Å². The summed E-state index contributed by atoms with van der Waals surface area (Å²) in [4.78, 5) is 63.1. The molecule has 1 aliphatic rings. The number of halogens is 6. The molecule has 4 N–H and O–H groups in total. The predicted molar refractivity (Wildman–Crippen MR) is 150 cm³/mol. The van der Waals surface area contributed by atoms with Crippen LogP contribution in [0.25, 0.3) is 0 Å². The second-order valence-corrected chi connectivity index (χ2v) is 10.9. The van der Waals surface area contributed by atoms with Gasteiger partial charge < -0.3 is 30.6 Å². The molecule has 1 aliphatic heterocycles. The summed E-state index contributed by atoms with van der Waals surface area (Å²) in [5, 5.41) is 5.34. The number of amides is 3. The summed E-state index contributed by atoms with van der Waals surface area (Å²) in [6, 6.07) is 8.78. The topological polar surface area (TPSA) is 166 Å². The first-order valence-corrected chi connectivity index (χ1v) is 13.8. The number of carbonyl (C=O) groups is 5. The largest absolute Gasteiger partial charge is 0.458 e. The molecule has 2 atom stereocenters. The zero-order valence-electron chi connectivity index (χ0n) is 25.1. The van der Waals surface area contributed by atoms with Crippen molar-refractivity contribution in [2.45, 2.75) is 76.7 Å². The van der Waals surface area contributed by atoms with Crippen LogP contribution in [0.15, 0.2) is 42.9 Å². The lowest BCUT2D eigenvalue weighted by Gasteiger charge is -2.23. The maximum atomic E-state index is 12.9. The van der Waals surface area contributed by atoms with Gasteiger partial charge in [0.2, 0.25) is 11.8 Å². The zero-order chi connectivity index (χ0) is 34.9. The van der Waals surface area contributed by atoms with Crippen LogP contribution in [0.1, 0.15) is 39.2 Å². The fraction of sp³-hybridized carbons (Fsp3) is 0.500. The number of nitrogens with one attached hydrogen (secondary N) is 2. The molecule has 0 spiro atoms. The van der Waals surface area contributed by atoms with Crippen LogP contribution >= 0.6 is 0 Å². The molecule has 254 valence electrons. The molecule has 0 aliphatic carbocycles. The Morgan fingerprint density at radius 1 is 1.02 bits per heavy atom. The summed E-state index contributed by atoms with van der Waals surface area (Å²) >= 11 is 0. The van der Waals surface area contributed by atoms with E-state index in [1.165, 1.54) is 6.33 Å². The Hall–Kier alpha value is -4.32. The molecule has 12 nitrogen and oxygen atoms in total. The van der Waals surface area contributed by atoms with E-state index in [4.69, 9.17) is 10.5 Å². The molecule has 1 saturated heterocycles. The van der Waals surface area contributed by atoms with E-state index < -0.39 is 47.3 Å². The van der Waals surface area contributed by atoms with Crippen molar-refractivity contribution < 1.29 is 55.1 Å². The smallest absolute Gasteiger partial charge is 0.374 e. The Kier molecular flexibility index (Phi) is 13.0. The van der Waals surface area contributed by atoms with E-state index in [0.717, 1.165) is 24.9 Å². The quantitative estimate of drug-likeness (QED) is 0.244. The number of ether oxygens (including phenoxy) is 1. The van der Waals surface area contributed by atoms with Crippen LogP contribution in [0.4, 0.5) is 32.2 Å². The lowest BCUT2D eigenvalue weighted by Crippen LogP contribution is -2.56. The number of benzene rings is 1. The van der Waals surface area contributed by atoms with E-state index in [-0.39, 0.29) is 37.5 Å². The normalized spacial score (nSPS) is 15.8. The third kappa shape index (κ3) is 11.9. The number of nitrogens with two attached hydrogens (primary N) is 1. The number of hydrogen-bond donors (Lipinski definition) is 3. The fourth-order valence-corrected chi connectivity index (χ4v) is 3.93. The average Bonchev–Trinajstić information content (AvgIpc) is 3.59. The van der Waals surface area contributed by atoms with E-state index in [2.05, 4.69) is 15.6 Å². The van der Waals surface area contributed by atoms with Crippen molar-refractivity contribution in [3.63, 3.8) is 0 Å². The van der Waals surface area contributed by atoms with Crippen molar-refractivity contribution in [2.75, 3.05) is 18.5 Å². The van der Waals surface area contributed by atoms with E-state index in [9.17, 15) is 50.3 Å². The molecule has 1 unspecified atom stereocenters. The van der Waals surface area contributed by atoms with Gasteiger partial charge in [-0.15, -0.1) is 0 Å². The summed E-state index contributed by atoms with van der Waals surface area (Å²) in [5.41, 5.74) is 5.66. The zero-order valence-corrected chi connectivity index (χ0v) is 25.1. The SMILES string of the molecule is CC1CCCN1C(=O)Cn1cnc(NC(=O)[C@@H](COCc2ccccc2)NC(=O)C(C)(C)N)c1.O=C(C(=O)C(F)(F)F)C(F)(F)F. The highest BCUT2D eigenvalue weighted by atomic mass is 19.4. The van der Waals surface area contributed by atoms with Crippen LogP contribution in [0.5, 0.6) is 0 Å². The average molecular weight is 665 g/mol. The van der Waals surface area contributed by atoms with E-state index in [1.807, 2.05) is 42.2 Å². The Bertz CT molecular complexity index is 1350. The lowest BCUT2D eigenvalue weighted by molar-refractivity contribution is -0.193. The number of alkyl halides is 6. The molecule has 18 heteroatoms. The number of anilines is 1. The molecule has 2 aromatic rings. The first-order valence-electron chi connectivity index (χ1n) is 13.8. The molecule has 46 heavy (non-hydrogen) atoms. The Balaban J connectivity index is 0.000000521. The van der Waals surface area contributed by atoms with Crippen LogP contribution < -0.4 is 16.4 Å². The summed E-state index contributed by atoms with van der Waals surface area (Å²) in [7, 11) is 0. The van der Waals surface area contributed by atoms with Gasteiger partial charge in [-0.1, -0.05) is 30.3 Å². The second-order valence-electron chi connectivity index (χ2n) is 10.9. The Labute approximate surface area is 259 Å². The number of likely N-dealkylation sites (tertiary alicyclic amines) is 1. The number of hydrogen-bond acceptors (Lipinski definition) is 8. The number of nitrogens with zero attached hydrogens (tertiary/aromatic N) is 3. The maximum absolute atomic E-state index is 12.9. The Morgan fingerprint density at radius 2 is 1.61 bits per heavy atom. The first kappa shape index (κ1) is 37.9. The van der Waals surface area contributed by atoms with Gasteiger partial charge in [0, 0.05) is 18.8 Å². The Morgan fingerprint density at radius 3 is 2.11 bits per heavy atom. The van der Waals surface area contributed by atoms with Crippen LogP contribution in [0.3, 0.4) is 0 Å². The maximum Gasteiger partial charge on any atom is 0.458 e. The van der Waals surface area contributed by atoms with Crippen molar-refractivity contribution in [3.8, 4) is 0 Å². The minimum atomic E-state index is -5.77. The predicted octanol–water partition coefficient (Wildman–Crippen LogP) is 2.52. The molecular formula is C28H34F6N6O6. The first-order chi connectivity index (χ1) is 21.2. The molecule has 1 aromatic carbocycles. The summed E-state index contributed by atoms with van der Waals surface area (Å²) in [5.74, 6) is -7.49. The number of aromatic nitrogens is 2. The highest BCUT2D eigenvalue weighted by Crippen LogP contribution is 2.24. The van der Waals surface area contributed by atoms with E-state index >= 15 is 0 Å². The van der Waals surface area contributed by atoms with Gasteiger partial charge in [-0.25, -0.2) is 4.98 Å². The fourth-order valence-electron chi connectivity index (χ4n) is 3.93. The van der Waals surface area contributed by atoms with Gasteiger partial charge in [0.1, 0.15) is 12.6 Å². The molecule has 0 bridgehead atoms. The molecule has 1 aromatic heterocycles. The second kappa shape index (κ2) is 15.8. The molecule has 2 heterocycles. The summed E-state index contributed by atoms with van der Waals surface area (Å²) < 4.78 is 74.3. The van der Waals surface area contributed by atoms with E-state index in [1.54, 1.807) is 24.6 Å². The van der Waals surface area contributed by atoms with Gasteiger partial charge in [-0.2, -0.15) is 26.3 Å². The highest BCUT2D eigenvalue weighted by molar-refractivity contribution is 6.41. The number of carbonyl (C=O) groups excluding carboxylic acids is 5. The third-order valence-electron chi connectivity index (χ3n) is 6.40. The van der Waals surface area contributed by atoms with E-state index in [0.29, 0.717) is 0 Å². The van der Waals surface area contributed by atoms with Crippen LogP contribution in [-0.4, -0.2) is 86.9 Å². The van der Waals surface area contributed by atoms with Crippen molar-refractivity contribution >= 4 is 35.1 Å². The number of Topliss-reactive ketones (excluding diaryl/α,β-unsaturated/α-hetero) is 2. The minimum Gasteiger partial charge on any atom is -0.374 e. The number of rotatable bonds is 11. The standard InChI is InChI=1S/C24H34N6O4.C4F6O2/c1-17-8-7-11-30(17)21(31)13-29-12-20(26-16-29)28-22(32)19(27-23(33)24(2,3)25)15-34-14-18-9-5-4-6-10-18;5-3(6,7)1(11)2(12)4(8,9)10/h4-6,9-10,12,16-17,19H,7-8,11,13-15,25H2,1-3H3,(H,27,33)(H,28,32);/t17?,19-;/m1./s1. The van der Waals surface area contributed by atoms with Gasteiger partial charge in [-0.05, 0) is 39.2 Å². The molecule has 3 amide bonds. The lowest BCUT2D eigenvalue weighted by atomic mass is 10.1. The molecule has 3 rings (SSSR count). The van der Waals surface area contributed by atoms with Crippen molar-refractivity contribution in [3.05, 3.63) is 48.4 Å².